The molecule has 1 N–H and O–H groups in total. The number of aromatic nitrogens is 2. The number of methoxy groups -OCH3 is 1. The molecule has 2 heterocycles. The minimum atomic E-state index is 0.261. The molecule has 2 rings (SSSR count). The van der Waals surface area contributed by atoms with Crippen molar-refractivity contribution in [3.05, 3.63) is 11.9 Å². The average molecular weight is 312 g/mol. The molecule has 1 aliphatic heterocycles. The van der Waals surface area contributed by atoms with Crippen LogP contribution in [0.15, 0.2) is 6.20 Å². The molecule has 0 amide bonds. The molecule has 1 aromatic heterocycles. The fourth-order valence-electron chi connectivity index (χ4n) is 2.93. The minimum absolute atomic E-state index is 0.261. The Balaban J connectivity index is 2.34. The zero-order valence-corrected chi connectivity index (χ0v) is 14.4. The van der Waals surface area contributed by atoms with E-state index in [4.69, 9.17) is 4.74 Å². The smallest absolute Gasteiger partial charge is 0.161 e. The summed E-state index contributed by atoms with van der Waals surface area (Å²) >= 11 is 2.04. The monoisotopic (exact) mass is 312 g/mol. The van der Waals surface area contributed by atoms with Gasteiger partial charge in [0.15, 0.2) is 5.75 Å². The van der Waals surface area contributed by atoms with E-state index >= 15 is 0 Å². The van der Waals surface area contributed by atoms with Crippen LogP contribution < -0.4 is 10.1 Å². The SMILES string of the molecule is CCCn1ncc(OC)c1C(NCC)C1CSCCN1C. The van der Waals surface area contributed by atoms with E-state index < -0.39 is 0 Å². The van der Waals surface area contributed by atoms with Gasteiger partial charge >= 0.3 is 0 Å². The van der Waals surface area contributed by atoms with Crippen molar-refractivity contribution in [1.29, 1.82) is 0 Å². The zero-order chi connectivity index (χ0) is 15.2. The standard InChI is InChI=1S/C15H28N4OS/c1-5-7-19-15(13(20-4)10-17-19)14(16-6-2)12-11-21-9-8-18(12)3/h10,12,14,16H,5-9,11H2,1-4H3. The molecule has 0 bridgehead atoms. The number of hydrogen-bond donors (Lipinski definition) is 1. The fourth-order valence-corrected chi connectivity index (χ4v) is 4.20. The lowest BCUT2D eigenvalue weighted by atomic mass is 10.0. The van der Waals surface area contributed by atoms with E-state index in [1.165, 1.54) is 11.4 Å². The van der Waals surface area contributed by atoms with Crippen molar-refractivity contribution >= 4 is 11.8 Å². The van der Waals surface area contributed by atoms with Crippen molar-refractivity contribution in [2.75, 3.05) is 38.8 Å². The summed E-state index contributed by atoms with van der Waals surface area (Å²) in [6, 6.07) is 0.738. The first-order valence-corrected chi connectivity index (χ1v) is 8.99. The van der Waals surface area contributed by atoms with Crippen LogP contribution in [0.25, 0.3) is 0 Å². The molecular formula is C15H28N4OS. The Hall–Kier alpha value is -0.720. The summed E-state index contributed by atoms with van der Waals surface area (Å²) in [5.41, 5.74) is 1.19. The lowest BCUT2D eigenvalue weighted by Crippen LogP contribution is -2.48. The van der Waals surface area contributed by atoms with Crippen molar-refractivity contribution in [3.63, 3.8) is 0 Å². The second-order valence-corrected chi connectivity index (χ2v) is 6.63. The Kier molecular flexibility index (Phi) is 6.39. The second-order valence-electron chi connectivity index (χ2n) is 5.48. The van der Waals surface area contributed by atoms with Crippen LogP contribution in [-0.2, 0) is 6.54 Å². The first-order chi connectivity index (χ1) is 10.2. The molecule has 0 spiro atoms. The molecule has 1 aliphatic rings. The third-order valence-electron chi connectivity index (χ3n) is 4.05. The van der Waals surface area contributed by atoms with Crippen molar-refractivity contribution < 1.29 is 4.74 Å². The molecule has 1 aromatic rings. The molecule has 0 saturated carbocycles. The van der Waals surface area contributed by atoms with E-state index in [0.717, 1.165) is 37.6 Å². The molecular weight excluding hydrogens is 284 g/mol. The van der Waals surface area contributed by atoms with E-state index in [9.17, 15) is 0 Å². The molecule has 5 nitrogen and oxygen atoms in total. The highest BCUT2D eigenvalue weighted by molar-refractivity contribution is 7.99. The molecule has 1 saturated heterocycles. The summed E-state index contributed by atoms with van der Waals surface area (Å²) in [5, 5.41) is 8.19. The summed E-state index contributed by atoms with van der Waals surface area (Å²) in [5.74, 6) is 3.27. The molecule has 21 heavy (non-hydrogen) atoms. The number of nitrogens with one attached hydrogen (secondary N) is 1. The van der Waals surface area contributed by atoms with Gasteiger partial charge in [-0.2, -0.15) is 16.9 Å². The maximum Gasteiger partial charge on any atom is 0.161 e. The Morgan fingerprint density at radius 3 is 2.95 bits per heavy atom. The molecule has 1 fully saturated rings. The number of nitrogens with zero attached hydrogens (tertiary/aromatic N) is 3. The Morgan fingerprint density at radius 2 is 2.33 bits per heavy atom. The van der Waals surface area contributed by atoms with Gasteiger partial charge in [-0.1, -0.05) is 13.8 Å². The zero-order valence-electron chi connectivity index (χ0n) is 13.6. The van der Waals surface area contributed by atoms with Gasteiger partial charge in [0.2, 0.25) is 0 Å². The highest BCUT2D eigenvalue weighted by Crippen LogP contribution is 2.32. The second kappa shape index (κ2) is 8.06. The van der Waals surface area contributed by atoms with Crippen LogP contribution >= 0.6 is 11.8 Å². The number of thioether (sulfide) groups is 1. The van der Waals surface area contributed by atoms with Crippen molar-refractivity contribution in [3.8, 4) is 5.75 Å². The van der Waals surface area contributed by atoms with Crippen molar-refractivity contribution in [1.82, 2.24) is 20.0 Å². The Morgan fingerprint density at radius 1 is 1.52 bits per heavy atom. The topological polar surface area (TPSA) is 42.3 Å². The van der Waals surface area contributed by atoms with Gasteiger partial charge in [0.25, 0.3) is 0 Å². The number of hydrogen-bond acceptors (Lipinski definition) is 5. The summed E-state index contributed by atoms with van der Waals surface area (Å²) < 4.78 is 7.69. The average Bonchev–Trinajstić information content (AvgIpc) is 2.89. The van der Waals surface area contributed by atoms with Crippen LogP contribution in [0.1, 0.15) is 32.0 Å². The molecule has 6 heteroatoms. The quantitative estimate of drug-likeness (QED) is 0.834. The summed E-state index contributed by atoms with van der Waals surface area (Å²) in [6.07, 6.45) is 2.93. The lowest BCUT2D eigenvalue weighted by Gasteiger charge is -2.38. The first-order valence-electron chi connectivity index (χ1n) is 7.83. The summed E-state index contributed by atoms with van der Waals surface area (Å²) in [6.45, 7) is 7.37. The summed E-state index contributed by atoms with van der Waals surface area (Å²) in [4.78, 5) is 2.46. The van der Waals surface area contributed by atoms with E-state index in [-0.39, 0.29) is 6.04 Å². The van der Waals surface area contributed by atoms with Gasteiger partial charge in [-0.05, 0) is 20.0 Å². The first kappa shape index (κ1) is 16.6. The number of likely N-dealkylation sites (N-methyl/N-ethyl adjacent to an activating group) is 2. The van der Waals surface area contributed by atoms with Gasteiger partial charge in [0, 0.05) is 30.6 Å². The van der Waals surface area contributed by atoms with Crippen LogP contribution in [0.4, 0.5) is 0 Å². The molecule has 0 aliphatic carbocycles. The van der Waals surface area contributed by atoms with E-state index in [1.807, 2.05) is 18.0 Å². The van der Waals surface area contributed by atoms with Crippen LogP contribution in [-0.4, -0.2) is 59.5 Å². The lowest BCUT2D eigenvalue weighted by molar-refractivity contribution is 0.208. The van der Waals surface area contributed by atoms with Crippen LogP contribution in [0.5, 0.6) is 5.75 Å². The van der Waals surface area contributed by atoms with Gasteiger partial charge in [-0.15, -0.1) is 0 Å². The summed E-state index contributed by atoms with van der Waals surface area (Å²) in [7, 11) is 3.96. The highest BCUT2D eigenvalue weighted by atomic mass is 32.2. The van der Waals surface area contributed by atoms with Crippen LogP contribution in [0, 0.1) is 0 Å². The van der Waals surface area contributed by atoms with Gasteiger partial charge in [-0.3, -0.25) is 9.58 Å². The maximum absolute atomic E-state index is 5.58. The minimum Gasteiger partial charge on any atom is -0.493 e. The van der Waals surface area contributed by atoms with Gasteiger partial charge in [-0.25, -0.2) is 0 Å². The van der Waals surface area contributed by atoms with E-state index in [0.29, 0.717) is 6.04 Å². The number of rotatable bonds is 7. The van der Waals surface area contributed by atoms with E-state index in [2.05, 4.69) is 40.9 Å². The van der Waals surface area contributed by atoms with Gasteiger partial charge in [0.05, 0.1) is 25.0 Å². The molecule has 2 unspecified atom stereocenters. The fraction of sp³-hybridized carbons (Fsp3) is 0.800. The van der Waals surface area contributed by atoms with Crippen molar-refractivity contribution in [2.45, 2.75) is 38.9 Å². The predicted molar refractivity (Wildman–Crippen MR) is 89.2 cm³/mol. The van der Waals surface area contributed by atoms with Gasteiger partial charge < -0.3 is 10.1 Å². The molecule has 0 aromatic carbocycles. The molecule has 2 atom stereocenters. The normalized spacial score (nSPS) is 21.4. The third kappa shape index (κ3) is 3.73. The molecule has 120 valence electrons. The number of ether oxygens (including phenoxy) is 1. The predicted octanol–water partition coefficient (Wildman–Crippen LogP) is 2.00. The van der Waals surface area contributed by atoms with Crippen molar-refractivity contribution in [2.24, 2.45) is 0 Å². The Bertz CT molecular complexity index is 437. The van der Waals surface area contributed by atoms with Crippen LogP contribution in [0.2, 0.25) is 0 Å². The third-order valence-corrected chi connectivity index (χ3v) is 5.10. The number of aryl methyl sites for hydroxylation is 1. The van der Waals surface area contributed by atoms with Crippen LogP contribution in [0.3, 0.4) is 0 Å². The Labute approximate surface area is 132 Å². The largest absolute Gasteiger partial charge is 0.493 e. The van der Waals surface area contributed by atoms with E-state index in [1.54, 1.807) is 7.11 Å². The van der Waals surface area contributed by atoms with Gasteiger partial charge in [0.1, 0.15) is 0 Å². The maximum atomic E-state index is 5.58. The highest BCUT2D eigenvalue weighted by Gasteiger charge is 2.33. The molecule has 0 radical (unpaired) electrons.